The smallest absolute Gasteiger partial charge is 0.126 e. The molecule has 2 fully saturated rings. The molecule has 0 bridgehead atoms. The molecule has 2 aromatic heterocycles. The predicted octanol–water partition coefficient (Wildman–Crippen LogP) is 4.35. The first kappa shape index (κ1) is 19.4. The van der Waals surface area contributed by atoms with E-state index in [2.05, 4.69) is 59.4 Å². The van der Waals surface area contributed by atoms with Crippen LogP contribution in [0.25, 0.3) is 11.1 Å². The molecule has 0 amide bonds. The third kappa shape index (κ3) is 4.40. The van der Waals surface area contributed by atoms with Crippen molar-refractivity contribution in [3.8, 4) is 11.1 Å². The van der Waals surface area contributed by atoms with E-state index in [1.54, 1.807) is 0 Å². The average molecular weight is 382 g/mol. The molecule has 1 saturated carbocycles. The van der Waals surface area contributed by atoms with Gasteiger partial charge in [-0.3, -0.25) is 4.68 Å². The van der Waals surface area contributed by atoms with E-state index in [0.717, 1.165) is 34.5 Å². The SMILES string of the molecule is Cc1nn(C)cc1-c1ccc(N[C@@H]2C[C@@H]3CN(CCC(C)(C)C)C[C@@H]3C2)nc1. The molecule has 1 aliphatic carbocycles. The van der Waals surface area contributed by atoms with Crippen molar-refractivity contribution in [2.45, 2.75) is 53.0 Å². The Bertz CT molecular complexity index is 787. The van der Waals surface area contributed by atoms with Gasteiger partial charge in [0.2, 0.25) is 0 Å². The molecular formula is C23H35N5. The van der Waals surface area contributed by atoms with Gasteiger partial charge in [-0.25, -0.2) is 4.98 Å². The van der Waals surface area contributed by atoms with Crippen LogP contribution in [-0.4, -0.2) is 45.3 Å². The third-order valence-electron chi connectivity index (χ3n) is 6.44. The van der Waals surface area contributed by atoms with Crippen molar-refractivity contribution in [3.05, 3.63) is 30.2 Å². The maximum absolute atomic E-state index is 4.68. The fourth-order valence-corrected chi connectivity index (χ4v) is 4.92. The molecule has 1 saturated heterocycles. The monoisotopic (exact) mass is 381 g/mol. The summed E-state index contributed by atoms with van der Waals surface area (Å²) in [5, 5.41) is 8.12. The van der Waals surface area contributed by atoms with Crippen LogP contribution >= 0.6 is 0 Å². The third-order valence-corrected chi connectivity index (χ3v) is 6.44. The summed E-state index contributed by atoms with van der Waals surface area (Å²) in [4.78, 5) is 7.37. The van der Waals surface area contributed by atoms with Gasteiger partial charge in [0.1, 0.15) is 5.82 Å². The zero-order valence-corrected chi connectivity index (χ0v) is 18.1. The molecular weight excluding hydrogens is 346 g/mol. The molecule has 0 spiro atoms. The van der Waals surface area contributed by atoms with Gasteiger partial charge in [0.25, 0.3) is 0 Å². The Morgan fingerprint density at radius 2 is 1.86 bits per heavy atom. The van der Waals surface area contributed by atoms with Crippen molar-refractivity contribution < 1.29 is 0 Å². The zero-order valence-electron chi connectivity index (χ0n) is 18.1. The molecule has 5 heteroatoms. The lowest BCUT2D eigenvalue weighted by Crippen LogP contribution is -2.28. The number of aromatic nitrogens is 3. The Balaban J connectivity index is 1.29. The number of anilines is 1. The van der Waals surface area contributed by atoms with Crippen LogP contribution in [0, 0.1) is 24.2 Å². The fourth-order valence-electron chi connectivity index (χ4n) is 4.92. The summed E-state index contributed by atoms with van der Waals surface area (Å²) in [6.45, 7) is 12.9. The number of hydrogen-bond acceptors (Lipinski definition) is 4. The van der Waals surface area contributed by atoms with E-state index in [9.17, 15) is 0 Å². The summed E-state index contributed by atoms with van der Waals surface area (Å²) in [5.41, 5.74) is 3.78. The Hall–Kier alpha value is -1.88. The first-order valence-electron chi connectivity index (χ1n) is 10.7. The lowest BCUT2D eigenvalue weighted by Gasteiger charge is -2.24. The highest BCUT2D eigenvalue weighted by Crippen LogP contribution is 2.39. The lowest BCUT2D eigenvalue weighted by molar-refractivity contribution is 0.250. The van der Waals surface area contributed by atoms with Crippen LogP contribution in [0.3, 0.4) is 0 Å². The minimum Gasteiger partial charge on any atom is -0.367 e. The van der Waals surface area contributed by atoms with Crippen LogP contribution in [0.4, 0.5) is 5.82 Å². The van der Waals surface area contributed by atoms with Gasteiger partial charge in [-0.05, 0) is 62.1 Å². The number of hydrogen-bond donors (Lipinski definition) is 1. The Labute approximate surface area is 169 Å². The molecule has 2 aliphatic rings. The minimum atomic E-state index is 0.438. The molecule has 1 aliphatic heterocycles. The van der Waals surface area contributed by atoms with Gasteiger partial charge in [-0.15, -0.1) is 0 Å². The molecule has 0 unspecified atom stereocenters. The fraction of sp³-hybridized carbons (Fsp3) is 0.652. The standard InChI is InChI=1S/C23H35N5/c1-16-21(15-27(5)26-16)17-6-7-22(24-12-17)25-20-10-18-13-28(14-19(18)11-20)9-8-23(2,3)4/h6-7,12,15,18-20H,8-11,13-14H2,1-5H3,(H,24,25)/t18-,19+,20-. The van der Waals surface area contributed by atoms with E-state index in [1.165, 1.54) is 38.9 Å². The van der Waals surface area contributed by atoms with Crippen molar-refractivity contribution in [1.82, 2.24) is 19.7 Å². The van der Waals surface area contributed by atoms with Gasteiger partial charge >= 0.3 is 0 Å². The van der Waals surface area contributed by atoms with E-state index < -0.39 is 0 Å². The summed E-state index contributed by atoms with van der Waals surface area (Å²) in [6, 6.07) is 4.84. The van der Waals surface area contributed by atoms with Crippen LogP contribution in [0.2, 0.25) is 0 Å². The van der Waals surface area contributed by atoms with Gasteiger partial charge in [0, 0.05) is 49.7 Å². The van der Waals surface area contributed by atoms with Crippen molar-refractivity contribution >= 4 is 5.82 Å². The highest BCUT2D eigenvalue weighted by Gasteiger charge is 2.40. The lowest BCUT2D eigenvalue weighted by atomic mass is 9.92. The normalized spacial score (nSPS) is 25.2. The summed E-state index contributed by atoms with van der Waals surface area (Å²) >= 11 is 0. The Kier molecular flexibility index (Phi) is 5.21. The molecule has 152 valence electrons. The number of nitrogens with one attached hydrogen (secondary N) is 1. The number of nitrogens with zero attached hydrogens (tertiary/aromatic N) is 4. The highest BCUT2D eigenvalue weighted by atomic mass is 15.2. The van der Waals surface area contributed by atoms with E-state index in [4.69, 9.17) is 0 Å². The minimum absolute atomic E-state index is 0.438. The molecule has 3 heterocycles. The molecule has 0 aromatic carbocycles. The molecule has 2 aromatic rings. The molecule has 3 atom stereocenters. The van der Waals surface area contributed by atoms with E-state index in [1.807, 2.05) is 24.9 Å². The van der Waals surface area contributed by atoms with Crippen LogP contribution < -0.4 is 5.32 Å². The quantitative estimate of drug-likeness (QED) is 0.836. The first-order valence-corrected chi connectivity index (χ1v) is 10.7. The number of likely N-dealkylation sites (tertiary alicyclic amines) is 1. The average Bonchev–Trinajstić information content (AvgIpc) is 3.26. The van der Waals surface area contributed by atoms with Crippen molar-refractivity contribution in [3.63, 3.8) is 0 Å². The summed E-state index contributed by atoms with van der Waals surface area (Å²) < 4.78 is 1.86. The van der Waals surface area contributed by atoms with E-state index >= 15 is 0 Å². The molecule has 28 heavy (non-hydrogen) atoms. The van der Waals surface area contributed by atoms with Crippen molar-refractivity contribution in [1.29, 1.82) is 0 Å². The van der Waals surface area contributed by atoms with Gasteiger partial charge < -0.3 is 10.2 Å². The van der Waals surface area contributed by atoms with Crippen LogP contribution in [-0.2, 0) is 7.05 Å². The van der Waals surface area contributed by atoms with Gasteiger partial charge in [-0.1, -0.05) is 20.8 Å². The second-order valence-electron chi connectivity index (χ2n) is 10.1. The largest absolute Gasteiger partial charge is 0.367 e. The summed E-state index contributed by atoms with van der Waals surface area (Å²) in [7, 11) is 1.96. The van der Waals surface area contributed by atoms with E-state index in [0.29, 0.717) is 11.5 Å². The first-order chi connectivity index (χ1) is 13.3. The van der Waals surface area contributed by atoms with Crippen molar-refractivity contribution in [2.24, 2.45) is 24.3 Å². The number of aryl methyl sites for hydroxylation is 2. The maximum Gasteiger partial charge on any atom is 0.126 e. The maximum atomic E-state index is 4.68. The molecule has 1 N–H and O–H groups in total. The zero-order chi connectivity index (χ0) is 19.9. The van der Waals surface area contributed by atoms with Crippen LogP contribution in [0.1, 0.15) is 45.7 Å². The predicted molar refractivity (Wildman–Crippen MR) is 115 cm³/mol. The second-order valence-corrected chi connectivity index (χ2v) is 10.1. The topological polar surface area (TPSA) is 46.0 Å². The second kappa shape index (κ2) is 7.51. The summed E-state index contributed by atoms with van der Waals surface area (Å²) in [5.74, 6) is 2.71. The molecule has 4 rings (SSSR count). The van der Waals surface area contributed by atoms with Crippen molar-refractivity contribution in [2.75, 3.05) is 25.0 Å². The number of pyridine rings is 1. The number of rotatable bonds is 5. The summed E-state index contributed by atoms with van der Waals surface area (Å²) in [6.07, 6.45) is 7.88. The van der Waals surface area contributed by atoms with E-state index in [-0.39, 0.29) is 0 Å². The Morgan fingerprint density at radius 3 is 2.39 bits per heavy atom. The van der Waals surface area contributed by atoms with Gasteiger partial charge in [0.05, 0.1) is 5.69 Å². The van der Waals surface area contributed by atoms with Gasteiger partial charge in [-0.2, -0.15) is 5.10 Å². The highest BCUT2D eigenvalue weighted by molar-refractivity contribution is 5.65. The van der Waals surface area contributed by atoms with Gasteiger partial charge in [0.15, 0.2) is 0 Å². The Morgan fingerprint density at radius 1 is 1.14 bits per heavy atom. The van der Waals surface area contributed by atoms with Crippen LogP contribution in [0.15, 0.2) is 24.5 Å². The number of fused-ring (bicyclic) bond motifs is 1. The van der Waals surface area contributed by atoms with Crippen LogP contribution in [0.5, 0.6) is 0 Å². The molecule has 5 nitrogen and oxygen atoms in total. The molecule has 0 radical (unpaired) electrons.